The van der Waals surface area contributed by atoms with Crippen molar-refractivity contribution >= 4 is 7.12 Å². The molecule has 0 bridgehead atoms. The first-order valence-corrected chi connectivity index (χ1v) is 4.06. The van der Waals surface area contributed by atoms with Gasteiger partial charge in [-0.3, -0.25) is 0 Å². The highest BCUT2D eigenvalue weighted by Gasteiger charge is 2.24. The molecule has 0 amide bonds. The van der Waals surface area contributed by atoms with Gasteiger partial charge in [-0.2, -0.15) is 10.2 Å². The maximum absolute atomic E-state index is 8.94. The van der Waals surface area contributed by atoms with Crippen molar-refractivity contribution in [3.63, 3.8) is 0 Å². The highest BCUT2D eigenvalue weighted by Crippen LogP contribution is 2.28. The van der Waals surface area contributed by atoms with Crippen molar-refractivity contribution in [2.24, 2.45) is 10.2 Å². The standard InChI is InChI=1S/C8H9BN2O2/c1-5-7-4-6(9(12)13)2-3-8(7)11-10-5/h2-4,8,12-13H,1H3/t8-/m1/s1. The van der Waals surface area contributed by atoms with E-state index in [1.165, 1.54) is 0 Å². The fraction of sp³-hybridized carbons (Fsp3) is 0.250. The molecule has 1 atom stereocenters. The molecule has 0 saturated carbocycles. The van der Waals surface area contributed by atoms with Gasteiger partial charge in [0.15, 0.2) is 0 Å². The van der Waals surface area contributed by atoms with Gasteiger partial charge in [0.05, 0.1) is 5.70 Å². The minimum Gasteiger partial charge on any atom is -0.423 e. The van der Waals surface area contributed by atoms with Gasteiger partial charge in [-0.15, -0.1) is 0 Å². The van der Waals surface area contributed by atoms with Gasteiger partial charge in [-0.1, -0.05) is 18.2 Å². The molecule has 0 fully saturated rings. The summed E-state index contributed by atoms with van der Waals surface area (Å²) in [5.41, 5.74) is 2.27. The molecule has 4 nitrogen and oxygen atoms in total. The number of allylic oxidation sites excluding steroid dienone is 3. The van der Waals surface area contributed by atoms with Crippen LogP contribution in [-0.2, 0) is 0 Å². The first-order chi connectivity index (χ1) is 6.18. The lowest BCUT2D eigenvalue weighted by Crippen LogP contribution is -2.18. The van der Waals surface area contributed by atoms with Crippen LogP contribution in [0, 0.1) is 0 Å². The van der Waals surface area contributed by atoms with Crippen LogP contribution in [0.2, 0.25) is 0 Å². The molecule has 1 aliphatic heterocycles. The largest absolute Gasteiger partial charge is 0.488 e. The minimum atomic E-state index is -1.42. The topological polar surface area (TPSA) is 65.2 Å². The molecule has 0 aromatic carbocycles. The Morgan fingerprint density at radius 2 is 2.23 bits per heavy atom. The van der Waals surface area contributed by atoms with E-state index in [0.717, 1.165) is 11.3 Å². The number of fused-ring (bicyclic) bond motifs is 1. The van der Waals surface area contributed by atoms with E-state index in [2.05, 4.69) is 10.2 Å². The third-order valence-electron chi connectivity index (χ3n) is 2.16. The van der Waals surface area contributed by atoms with Crippen molar-refractivity contribution in [2.75, 3.05) is 0 Å². The lowest BCUT2D eigenvalue weighted by molar-refractivity contribution is 0.420. The first kappa shape index (κ1) is 8.41. The van der Waals surface area contributed by atoms with Crippen molar-refractivity contribution in [3.8, 4) is 0 Å². The van der Waals surface area contributed by atoms with Crippen LogP contribution in [0.15, 0.2) is 45.2 Å². The van der Waals surface area contributed by atoms with E-state index < -0.39 is 7.12 Å². The molecule has 13 heavy (non-hydrogen) atoms. The summed E-state index contributed by atoms with van der Waals surface area (Å²) < 4.78 is 0. The number of hydrogen-bond acceptors (Lipinski definition) is 4. The summed E-state index contributed by atoms with van der Waals surface area (Å²) >= 11 is 0. The molecule has 0 aromatic heterocycles. The molecule has 2 N–H and O–H groups in total. The van der Waals surface area contributed by atoms with Crippen molar-refractivity contribution in [3.05, 3.63) is 35.0 Å². The van der Waals surface area contributed by atoms with E-state index in [0.29, 0.717) is 5.47 Å². The zero-order chi connectivity index (χ0) is 9.42. The van der Waals surface area contributed by atoms with Crippen LogP contribution in [-0.4, -0.2) is 23.2 Å². The molecule has 5 heteroatoms. The highest BCUT2D eigenvalue weighted by atomic mass is 16.4. The summed E-state index contributed by atoms with van der Waals surface area (Å²) in [4.78, 5) is 0. The van der Waals surface area contributed by atoms with Gasteiger partial charge < -0.3 is 10.0 Å². The monoisotopic (exact) mass is 176 g/mol. The van der Waals surface area contributed by atoms with Crippen LogP contribution in [0.5, 0.6) is 0 Å². The van der Waals surface area contributed by atoms with Crippen LogP contribution < -0.4 is 0 Å². The predicted molar refractivity (Wildman–Crippen MR) is 48.8 cm³/mol. The molecule has 0 saturated heterocycles. The Morgan fingerprint density at radius 3 is 2.92 bits per heavy atom. The quantitative estimate of drug-likeness (QED) is 0.574. The third-order valence-corrected chi connectivity index (χ3v) is 2.16. The Morgan fingerprint density at radius 1 is 1.46 bits per heavy atom. The smallest absolute Gasteiger partial charge is 0.423 e. The second-order valence-electron chi connectivity index (χ2n) is 3.08. The molecule has 2 aliphatic rings. The predicted octanol–water partition coefficient (Wildman–Crippen LogP) is 0.603. The van der Waals surface area contributed by atoms with Gasteiger partial charge in [-0.25, -0.2) is 0 Å². The van der Waals surface area contributed by atoms with E-state index in [1.807, 2.05) is 13.0 Å². The molecule has 1 heterocycles. The van der Waals surface area contributed by atoms with Crippen molar-refractivity contribution < 1.29 is 10.0 Å². The van der Waals surface area contributed by atoms with E-state index in [-0.39, 0.29) is 6.04 Å². The zero-order valence-corrected chi connectivity index (χ0v) is 7.18. The molecule has 0 aromatic rings. The fourth-order valence-electron chi connectivity index (χ4n) is 1.41. The van der Waals surface area contributed by atoms with Crippen molar-refractivity contribution in [2.45, 2.75) is 13.0 Å². The number of rotatable bonds is 1. The molecule has 1 aliphatic carbocycles. The van der Waals surface area contributed by atoms with Gasteiger partial charge in [-0.05, 0) is 12.4 Å². The van der Waals surface area contributed by atoms with E-state index in [1.54, 1.807) is 12.2 Å². The second kappa shape index (κ2) is 2.94. The minimum absolute atomic E-state index is 0.0255. The lowest BCUT2D eigenvalue weighted by Gasteiger charge is -2.11. The summed E-state index contributed by atoms with van der Waals surface area (Å²) in [6.45, 7) is 1.86. The Labute approximate surface area is 76.1 Å². The van der Waals surface area contributed by atoms with Crippen LogP contribution in [0.4, 0.5) is 0 Å². The maximum Gasteiger partial charge on any atom is 0.488 e. The van der Waals surface area contributed by atoms with Crippen LogP contribution in [0.3, 0.4) is 0 Å². The highest BCUT2D eigenvalue weighted by molar-refractivity contribution is 6.52. The summed E-state index contributed by atoms with van der Waals surface area (Å²) in [5.74, 6) is 0. The van der Waals surface area contributed by atoms with Gasteiger partial charge in [0.25, 0.3) is 0 Å². The fourth-order valence-corrected chi connectivity index (χ4v) is 1.41. The number of nitrogens with zero attached hydrogens (tertiary/aromatic N) is 2. The molecule has 0 spiro atoms. The van der Waals surface area contributed by atoms with E-state index >= 15 is 0 Å². The maximum atomic E-state index is 8.94. The molecular formula is C8H9BN2O2. The molecular weight excluding hydrogens is 167 g/mol. The Hall–Kier alpha value is -1.20. The van der Waals surface area contributed by atoms with Crippen LogP contribution in [0.1, 0.15) is 6.92 Å². The molecule has 0 radical (unpaired) electrons. The summed E-state index contributed by atoms with van der Waals surface area (Å²) in [6.07, 6.45) is 5.20. The zero-order valence-electron chi connectivity index (χ0n) is 7.18. The summed E-state index contributed by atoms with van der Waals surface area (Å²) in [5, 5.41) is 25.8. The molecule has 0 unspecified atom stereocenters. The Balaban J connectivity index is 2.36. The third kappa shape index (κ3) is 1.36. The van der Waals surface area contributed by atoms with E-state index in [4.69, 9.17) is 10.0 Å². The summed E-state index contributed by atoms with van der Waals surface area (Å²) in [7, 11) is -1.42. The molecule has 66 valence electrons. The molecule has 2 rings (SSSR count). The normalized spacial score (nSPS) is 24.8. The van der Waals surface area contributed by atoms with Gasteiger partial charge in [0, 0.05) is 5.57 Å². The Bertz CT molecular complexity index is 355. The van der Waals surface area contributed by atoms with Crippen LogP contribution >= 0.6 is 0 Å². The SMILES string of the molecule is CC1=C2C=C(B(O)O)C=C[C@H]2N=N1. The van der Waals surface area contributed by atoms with Gasteiger partial charge >= 0.3 is 7.12 Å². The van der Waals surface area contributed by atoms with Crippen molar-refractivity contribution in [1.82, 2.24) is 0 Å². The number of azo groups is 1. The Kier molecular flexibility index (Phi) is 1.90. The first-order valence-electron chi connectivity index (χ1n) is 4.06. The average molecular weight is 176 g/mol. The summed E-state index contributed by atoms with van der Waals surface area (Å²) in [6, 6.07) is -0.0255. The van der Waals surface area contributed by atoms with E-state index in [9.17, 15) is 0 Å². The van der Waals surface area contributed by atoms with Gasteiger partial charge in [0.2, 0.25) is 0 Å². The van der Waals surface area contributed by atoms with Crippen LogP contribution in [0.25, 0.3) is 0 Å². The lowest BCUT2D eigenvalue weighted by atomic mass is 9.75. The number of hydrogen-bond donors (Lipinski definition) is 2. The average Bonchev–Trinajstić information content (AvgIpc) is 2.47. The van der Waals surface area contributed by atoms with Crippen molar-refractivity contribution in [1.29, 1.82) is 0 Å². The van der Waals surface area contributed by atoms with Gasteiger partial charge in [0.1, 0.15) is 6.04 Å². The second-order valence-corrected chi connectivity index (χ2v) is 3.08.